The van der Waals surface area contributed by atoms with E-state index in [1.165, 1.54) is 19.1 Å². The summed E-state index contributed by atoms with van der Waals surface area (Å²) >= 11 is 0. The first-order chi connectivity index (χ1) is 16.9. The Balaban J connectivity index is 1.73. The highest BCUT2D eigenvalue weighted by Gasteiger charge is 2.46. The highest BCUT2D eigenvalue weighted by atomic mass is 16.5. The van der Waals surface area contributed by atoms with E-state index in [0.717, 1.165) is 13.1 Å². The van der Waals surface area contributed by atoms with Crippen molar-refractivity contribution < 1.29 is 33.7 Å². The number of carbonyl (C=O) groups excluding carboxylic acids is 3. The summed E-state index contributed by atoms with van der Waals surface area (Å²) in [5.74, 6) is -1.57. The van der Waals surface area contributed by atoms with Gasteiger partial charge in [0.25, 0.3) is 11.7 Å². The van der Waals surface area contributed by atoms with Crippen LogP contribution in [0.25, 0.3) is 5.76 Å². The highest BCUT2D eigenvalue weighted by Crippen LogP contribution is 2.39. The molecule has 1 amide bonds. The van der Waals surface area contributed by atoms with Crippen LogP contribution in [0.5, 0.6) is 5.75 Å². The summed E-state index contributed by atoms with van der Waals surface area (Å²) in [6.07, 6.45) is 0. The Hall–Kier alpha value is -3.69. The minimum atomic E-state index is -0.801. The Morgan fingerprint density at radius 2 is 1.60 bits per heavy atom. The second-order valence-electron chi connectivity index (χ2n) is 8.29. The van der Waals surface area contributed by atoms with Gasteiger partial charge in [0.15, 0.2) is 0 Å². The molecule has 0 spiro atoms. The summed E-state index contributed by atoms with van der Waals surface area (Å²) in [6, 6.07) is 12.3. The Bertz CT molecular complexity index is 1120. The van der Waals surface area contributed by atoms with E-state index >= 15 is 0 Å². The molecule has 2 aliphatic rings. The van der Waals surface area contributed by atoms with Crippen LogP contribution in [0.15, 0.2) is 54.1 Å². The summed E-state index contributed by atoms with van der Waals surface area (Å²) in [4.78, 5) is 41.8. The number of morpholine rings is 1. The third-order valence-electron chi connectivity index (χ3n) is 6.31. The molecule has 0 unspecified atom stereocenters. The SMILES string of the molecule is COC(=O)c1ccc([C@H]2C(=C(O)c3ccc(OC)cc3)C(=O)C(=O)N2CCN2CCOCC2)cc1. The van der Waals surface area contributed by atoms with Gasteiger partial charge in [-0.15, -0.1) is 0 Å². The number of Topliss-reactive ketones (excluding diaryl/α,β-unsaturated/α-hetero) is 1. The van der Waals surface area contributed by atoms with Gasteiger partial charge in [-0.25, -0.2) is 4.79 Å². The molecule has 2 saturated heterocycles. The van der Waals surface area contributed by atoms with E-state index in [2.05, 4.69) is 4.90 Å². The number of likely N-dealkylation sites (tertiary alicyclic amines) is 1. The molecule has 0 bridgehead atoms. The van der Waals surface area contributed by atoms with Gasteiger partial charge >= 0.3 is 5.97 Å². The maximum Gasteiger partial charge on any atom is 0.337 e. The lowest BCUT2D eigenvalue weighted by molar-refractivity contribution is -0.140. The lowest BCUT2D eigenvalue weighted by atomic mass is 9.94. The average Bonchev–Trinajstić information content (AvgIpc) is 3.16. The Labute approximate surface area is 203 Å². The van der Waals surface area contributed by atoms with E-state index in [9.17, 15) is 19.5 Å². The monoisotopic (exact) mass is 480 g/mol. The molecule has 2 heterocycles. The van der Waals surface area contributed by atoms with Crippen LogP contribution in [0.2, 0.25) is 0 Å². The maximum absolute atomic E-state index is 13.2. The van der Waals surface area contributed by atoms with Crippen molar-refractivity contribution in [1.29, 1.82) is 0 Å². The van der Waals surface area contributed by atoms with Gasteiger partial charge in [-0.05, 0) is 42.0 Å². The van der Waals surface area contributed by atoms with E-state index < -0.39 is 23.7 Å². The molecule has 1 atom stereocenters. The molecule has 1 N–H and O–H groups in total. The van der Waals surface area contributed by atoms with Crippen LogP contribution in [-0.4, -0.2) is 86.2 Å². The largest absolute Gasteiger partial charge is 0.507 e. The van der Waals surface area contributed by atoms with E-state index in [1.54, 1.807) is 48.5 Å². The van der Waals surface area contributed by atoms with Crippen molar-refractivity contribution in [2.75, 3.05) is 53.6 Å². The van der Waals surface area contributed by atoms with Crippen molar-refractivity contribution in [3.8, 4) is 5.75 Å². The molecular formula is C26H28N2O7. The summed E-state index contributed by atoms with van der Waals surface area (Å²) in [7, 11) is 2.83. The predicted octanol–water partition coefficient (Wildman–Crippen LogP) is 2.24. The molecule has 2 fully saturated rings. The van der Waals surface area contributed by atoms with Gasteiger partial charge in [0.05, 0.1) is 44.6 Å². The van der Waals surface area contributed by atoms with Crippen molar-refractivity contribution >= 4 is 23.4 Å². The molecule has 4 rings (SSSR count). The number of aliphatic hydroxyl groups excluding tert-OH is 1. The number of hydrogen-bond donors (Lipinski definition) is 1. The van der Waals surface area contributed by atoms with Crippen LogP contribution in [-0.2, 0) is 19.1 Å². The molecule has 0 saturated carbocycles. The van der Waals surface area contributed by atoms with E-state index in [4.69, 9.17) is 14.2 Å². The minimum Gasteiger partial charge on any atom is -0.507 e. The first-order valence-corrected chi connectivity index (χ1v) is 11.4. The fourth-order valence-corrected chi connectivity index (χ4v) is 4.35. The quantitative estimate of drug-likeness (QED) is 0.278. The zero-order chi connectivity index (χ0) is 24.9. The number of methoxy groups -OCH3 is 2. The number of nitrogens with zero attached hydrogens (tertiary/aromatic N) is 2. The fraction of sp³-hybridized carbons (Fsp3) is 0.346. The molecule has 9 heteroatoms. The number of amides is 1. The summed E-state index contributed by atoms with van der Waals surface area (Å²) in [5, 5.41) is 11.2. The van der Waals surface area contributed by atoms with Crippen molar-refractivity contribution in [3.05, 3.63) is 70.8 Å². The van der Waals surface area contributed by atoms with Gasteiger partial charge in [0, 0.05) is 31.7 Å². The van der Waals surface area contributed by atoms with Crippen molar-refractivity contribution in [2.24, 2.45) is 0 Å². The van der Waals surface area contributed by atoms with E-state index in [0.29, 0.717) is 48.7 Å². The first-order valence-electron chi connectivity index (χ1n) is 11.4. The third kappa shape index (κ3) is 5.06. The first kappa shape index (κ1) is 24.4. The number of ketones is 1. The minimum absolute atomic E-state index is 0.00737. The molecule has 2 aliphatic heterocycles. The van der Waals surface area contributed by atoms with Crippen LogP contribution in [0.1, 0.15) is 27.5 Å². The van der Waals surface area contributed by atoms with Gasteiger partial charge in [-0.2, -0.15) is 0 Å². The van der Waals surface area contributed by atoms with Crippen molar-refractivity contribution in [3.63, 3.8) is 0 Å². The maximum atomic E-state index is 13.2. The number of carbonyl (C=O) groups is 3. The van der Waals surface area contributed by atoms with Gasteiger partial charge in [0.2, 0.25) is 0 Å². The molecule has 0 radical (unpaired) electrons. The zero-order valence-electron chi connectivity index (χ0n) is 19.7. The number of ether oxygens (including phenoxy) is 3. The highest BCUT2D eigenvalue weighted by molar-refractivity contribution is 6.46. The number of aliphatic hydroxyl groups is 1. The molecule has 0 aromatic heterocycles. The fourth-order valence-electron chi connectivity index (χ4n) is 4.35. The number of benzene rings is 2. The number of rotatable bonds is 7. The van der Waals surface area contributed by atoms with Crippen molar-refractivity contribution in [1.82, 2.24) is 9.80 Å². The molecule has 0 aliphatic carbocycles. The van der Waals surface area contributed by atoms with Crippen LogP contribution < -0.4 is 4.74 Å². The lowest BCUT2D eigenvalue weighted by Crippen LogP contribution is -2.42. The number of esters is 1. The summed E-state index contributed by atoms with van der Waals surface area (Å²) < 4.78 is 15.3. The second kappa shape index (κ2) is 10.7. The van der Waals surface area contributed by atoms with Crippen LogP contribution in [0.3, 0.4) is 0 Å². The second-order valence-corrected chi connectivity index (χ2v) is 8.29. The summed E-state index contributed by atoms with van der Waals surface area (Å²) in [5.41, 5.74) is 1.35. The molecule has 9 nitrogen and oxygen atoms in total. The lowest BCUT2D eigenvalue weighted by Gasteiger charge is -2.31. The Morgan fingerprint density at radius 3 is 2.20 bits per heavy atom. The van der Waals surface area contributed by atoms with E-state index in [1.807, 2.05) is 0 Å². The Kier molecular flexibility index (Phi) is 7.48. The molecular weight excluding hydrogens is 452 g/mol. The molecule has 2 aromatic carbocycles. The van der Waals surface area contributed by atoms with Gasteiger partial charge in [-0.3, -0.25) is 14.5 Å². The Morgan fingerprint density at radius 1 is 0.971 bits per heavy atom. The van der Waals surface area contributed by atoms with Gasteiger partial charge in [0.1, 0.15) is 11.5 Å². The van der Waals surface area contributed by atoms with Crippen molar-refractivity contribution in [2.45, 2.75) is 6.04 Å². The van der Waals surface area contributed by atoms with Gasteiger partial charge in [-0.1, -0.05) is 12.1 Å². The molecule has 2 aromatic rings. The van der Waals surface area contributed by atoms with Crippen LogP contribution in [0, 0.1) is 0 Å². The summed E-state index contributed by atoms with van der Waals surface area (Å²) in [6.45, 7) is 3.59. The third-order valence-corrected chi connectivity index (χ3v) is 6.31. The zero-order valence-corrected chi connectivity index (χ0v) is 19.7. The predicted molar refractivity (Wildman–Crippen MR) is 127 cm³/mol. The molecule has 184 valence electrons. The topological polar surface area (TPSA) is 106 Å². The van der Waals surface area contributed by atoms with E-state index in [-0.39, 0.29) is 11.3 Å². The normalized spacial score (nSPS) is 20.2. The van der Waals surface area contributed by atoms with Crippen LogP contribution in [0.4, 0.5) is 0 Å². The smallest absolute Gasteiger partial charge is 0.337 e. The molecule has 35 heavy (non-hydrogen) atoms. The van der Waals surface area contributed by atoms with Gasteiger partial charge < -0.3 is 24.2 Å². The average molecular weight is 481 g/mol. The van der Waals surface area contributed by atoms with Crippen LogP contribution >= 0.6 is 0 Å². The standard InChI is InChI=1S/C26H28N2O7/c1-33-20-9-7-18(8-10-20)23(29)21-22(17-3-5-19(6-4-17)26(32)34-2)28(25(31)24(21)30)12-11-27-13-15-35-16-14-27/h3-10,22,29H,11-16H2,1-2H3/t22-/m0/s1. The number of hydrogen-bond acceptors (Lipinski definition) is 8.